The fourth-order valence-corrected chi connectivity index (χ4v) is 3.97. The molecule has 25 heavy (non-hydrogen) atoms. The van der Waals surface area contributed by atoms with Crippen LogP contribution in [0.1, 0.15) is 23.2 Å². The maximum atomic E-state index is 13.6. The van der Waals surface area contributed by atoms with Crippen LogP contribution in [0, 0.1) is 5.82 Å². The number of aromatic nitrogens is 1. The van der Waals surface area contributed by atoms with Gasteiger partial charge in [0.15, 0.2) is 5.13 Å². The van der Waals surface area contributed by atoms with E-state index in [0.29, 0.717) is 23.8 Å². The molecule has 0 aliphatic carbocycles. The number of benzene rings is 2. The summed E-state index contributed by atoms with van der Waals surface area (Å²) in [5.41, 5.74) is 1.17. The number of hydrogen-bond acceptors (Lipinski definition) is 4. The summed E-state index contributed by atoms with van der Waals surface area (Å²) in [7, 11) is 0. The second-order valence-corrected chi connectivity index (χ2v) is 7.03. The zero-order valence-electron chi connectivity index (χ0n) is 13.5. The van der Waals surface area contributed by atoms with E-state index in [1.807, 2.05) is 24.3 Å². The second-order valence-electron chi connectivity index (χ2n) is 6.03. The number of carbonyl (C=O) groups excluding carboxylic acids is 1. The molecule has 0 radical (unpaired) electrons. The fourth-order valence-electron chi connectivity index (χ4n) is 2.99. The van der Waals surface area contributed by atoms with Gasteiger partial charge in [-0.05, 0) is 43.2 Å². The summed E-state index contributed by atoms with van der Waals surface area (Å²) in [5.74, 6) is -0.679. The van der Waals surface area contributed by atoms with Gasteiger partial charge < -0.3 is 4.74 Å². The molecule has 0 unspecified atom stereocenters. The van der Waals surface area contributed by atoms with E-state index < -0.39 is 5.82 Å². The van der Waals surface area contributed by atoms with Crippen LogP contribution in [0.5, 0.6) is 0 Å². The van der Waals surface area contributed by atoms with Crippen molar-refractivity contribution in [3.8, 4) is 0 Å². The molecule has 4 rings (SSSR count). The number of fused-ring (bicyclic) bond motifs is 1. The molecule has 1 aromatic heterocycles. The maximum absolute atomic E-state index is 13.6. The Morgan fingerprint density at radius 2 is 2.16 bits per heavy atom. The molecule has 1 saturated heterocycles. The van der Waals surface area contributed by atoms with Crippen molar-refractivity contribution in [2.45, 2.75) is 18.9 Å². The molecular formula is C19H17FN2O2S. The lowest BCUT2D eigenvalue weighted by atomic mass is 10.1. The number of para-hydroxylation sites is 1. The summed E-state index contributed by atoms with van der Waals surface area (Å²) in [4.78, 5) is 19.3. The van der Waals surface area contributed by atoms with Crippen LogP contribution in [0.25, 0.3) is 10.2 Å². The van der Waals surface area contributed by atoms with Crippen LogP contribution in [0.15, 0.2) is 48.5 Å². The number of anilines is 1. The smallest absolute Gasteiger partial charge is 0.260 e. The average molecular weight is 356 g/mol. The van der Waals surface area contributed by atoms with Gasteiger partial charge in [-0.25, -0.2) is 9.37 Å². The molecule has 0 spiro atoms. The summed E-state index contributed by atoms with van der Waals surface area (Å²) in [5, 5.41) is 0.617. The SMILES string of the molecule is O=C(c1cccc(F)c1)N(C[C@H]1CCCO1)c1nc2ccccc2s1. The van der Waals surface area contributed by atoms with Gasteiger partial charge in [0.05, 0.1) is 22.9 Å². The normalized spacial score (nSPS) is 17.1. The minimum absolute atomic E-state index is 0.00970. The number of nitrogens with zero attached hydrogens (tertiary/aromatic N) is 2. The van der Waals surface area contributed by atoms with Gasteiger partial charge in [-0.3, -0.25) is 9.69 Å². The molecule has 1 atom stereocenters. The molecule has 128 valence electrons. The summed E-state index contributed by atoms with van der Waals surface area (Å²) >= 11 is 1.46. The first-order valence-corrected chi connectivity index (χ1v) is 9.07. The molecule has 1 aliphatic heterocycles. The Hall–Kier alpha value is -2.31. The molecular weight excluding hydrogens is 339 g/mol. The quantitative estimate of drug-likeness (QED) is 0.701. The van der Waals surface area contributed by atoms with Crippen LogP contribution in [-0.4, -0.2) is 30.1 Å². The first kappa shape index (κ1) is 16.2. The molecule has 1 amide bonds. The van der Waals surface area contributed by atoms with E-state index in [0.717, 1.165) is 23.1 Å². The van der Waals surface area contributed by atoms with Crippen LogP contribution in [-0.2, 0) is 4.74 Å². The zero-order chi connectivity index (χ0) is 17.2. The molecule has 2 heterocycles. The Labute approximate surface area is 148 Å². The fraction of sp³-hybridized carbons (Fsp3) is 0.263. The molecule has 4 nitrogen and oxygen atoms in total. The zero-order valence-corrected chi connectivity index (χ0v) is 14.3. The van der Waals surface area contributed by atoms with Gasteiger partial charge in [0.25, 0.3) is 5.91 Å². The van der Waals surface area contributed by atoms with Crippen molar-refractivity contribution >= 4 is 32.6 Å². The largest absolute Gasteiger partial charge is 0.376 e. The molecule has 1 aliphatic rings. The third-order valence-corrected chi connectivity index (χ3v) is 5.30. The monoisotopic (exact) mass is 356 g/mol. The highest BCUT2D eigenvalue weighted by Crippen LogP contribution is 2.30. The van der Waals surface area contributed by atoms with Gasteiger partial charge in [-0.15, -0.1) is 0 Å². The van der Waals surface area contributed by atoms with E-state index in [1.165, 1.54) is 23.5 Å². The van der Waals surface area contributed by atoms with Crippen LogP contribution in [0.3, 0.4) is 0 Å². The van der Waals surface area contributed by atoms with Crippen LogP contribution < -0.4 is 4.90 Å². The molecule has 2 aromatic carbocycles. The third-order valence-electron chi connectivity index (χ3n) is 4.24. The van der Waals surface area contributed by atoms with Crippen molar-refractivity contribution in [1.29, 1.82) is 0 Å². The lowest BCUT2D eigenvalue weighted by molar-refractivity contribution is 0.0917. The Morgan fingerprint density at radius 3 is 2.92 bits per heavy atom. The lowest BCUT2D eigenvalue weighted by Crippen LogP contribution is -2.37. The number of hydrogen-bond donors (Lipinski definition) is 0. The molecule has 6 heteroatoms. The van der Waals surface area contributed by atoms with Crippen molar-refractivity contribution < 1.29 is 13.9 Å². The van der Waals surface area contributed by atoms with Crippen molar-refractivity contribution in [3.05, 3.63) is 59.9 Å². The van der Waals surface area contributed by atoms with E-state index in [4.69, 9.17) is 4.74 Å². The summed E-state index contributed by atoms with van der Waals surface area (Å²) in [6.45, 7) is 1.14. The summed E-state index contributed by atoms with van der Waals surface area (Å²) < 4.78 is 20.3. The predicted molar refractivity (Wildman–Crippen MR) is 96.7 cm³/mol. The van der Waals surface area contributed by atoms with Gasteiger partial charge in [0.1, 0.15) is 5.82 Å². The van der Waals surface area contributed by atoms with E-state index in [1.54, 1.807) is 17.0 Å². The third kappa shape index (κ3) is 3.41. The predicted octanol–water partition coefficient (Wildman–Crippen LogP) is 4.26. The lowest BCUT2D eigenvalue weighted by Gasteiger charge is -2.23. The van der Waals surface area contributed by atoms with Gasteiger partial charge in [0, 0.05) is 12.2 Å². The van der Waals surface area contributed by atoms with Gasteiger partial charge >= 0.3 is 0 Å². The van der Waals surface area contributed by atoms with Crippen molar-refractivity contribution in [3.63, 3.8) is 0 Å². The molecule has 1 fully saturated rings. The molecule has 3 aromatic rings. The van der Waals surface area contributed by atoms with Crippen LogP contribution >= 0.6 is 11.3 Å². The van der Waals surface area contributed by atoms with Gasteiger partial charge in [-0.1, -0.05) is 29.5 Å². The minimum atomic E-state index is -0.424. The highest BCUT2D eigenvalue weighted by Gasteiger charge is 2.27. The highest BCUT2D eigenvalue weighted by molar-refractivity contribution is 7.22. The molecule has 0 bridgehead atoms. The van der Waals surface area contributed by atoms with Crippen molar-refractivity contribution in [1.82, 2.24) is 4.98 Å². The Morgan fingerprint density at radius 1 is 1.28 bits per heavy atom. The van der Waals surface area contributed by atoms with Gasteiger partial charge in [-0.2, -0.15) is 0 Å². The Kier molecular flexibility index (Phi) is 4.46. The van der Waals surface area contributed by atoms with E-state index >= 15 is 0 Å². The highest BCUT2D eigenvalue weighted by atomic mass is 32.1. The van der Waals surface area contributed by atoms with Crippen LogP contribution in [0.4, 0.5) is 9.52 Å². The Balaban J connectivity index is 1.71. The molecule has 0 N–H and O–H groups in total. The average Bonchev–Trinajstić information content (AvgIpc) is 3.28. The number of carbonyl (C=O) groups is 1. The van der Waals surface area contributed by atoms with Gasteiger partial charge in [0.2, 0.25) is 0 Å². The first-order chi connectivity index (χ1) is 12.2. The standard InChI is InChI=1S/C19H17FN2O2S/c20-14-6-3-5-13(11-14)18(23)22(12-15-7-4-10-24-15)19-21-16-8-1-2-9-17(16)25-19/h1-3,5-6,8-9,11,15H,4,7,10,12H2/t15-/m1/s1. The van der Waals surface area contributed by atoms with E-state index in [-0.39, 0.29) is 12.0 Å². The number of amides is 1. The minimum Gasteiger partial charge on any atom is -0.376 e. The first-order valence-electron chi connectivity index (χ1n) is 8.25. The summed E-state index contributed by atoms with van der Waals surface area (Å²) in [6, 6.07) is 13.5. The Bertz CT molecular complexity index is 872. The number of rotatable bonds is 4. The van der Waals surface area contributed by atoms with E-state index in [9.17, 15) is 9.18 Å². The second kappa shape index (κ2) is 6.90. The maximum Gasteiger partial charge on any atom is 0.260 e. The van der Waals surface area contributed by atoms with E-state index in [2.05, 4.69) is 4.98 Å². The van der Waals surface area contributed by atoms with Crippen molar-refractivity contribution in [2.75, 3.05) is 18.1 Å². The summed E-state index contributed by atoms with van der Waals surface area (Å²) in [6.07, 6.45) is 1.90. The number of ether oxygens (including phenoxy) is 1. The topological polar surface area (TPSA) is 42.4 Å². The number of halogens is 1. The van der Waals surface area contributed by atoms with Crippen molar-refractivity contribution in [2.24, 2.45) is 0 Å². The number of thiazole rings is 1. The molecule has 0 saturated carbocycles. The van der Waals surface area contributed by atoms with Crippen LogP contribution in [0.2, 0.25) is 0 Å².